The minimum absolute atomic E-state index is 0.188. The highest BCUT2D eigenvalue weighted by atomic mass is 16.5. The van der Waals surface area contributed by atoms with E-state index in [-0.39, 0.29) is 6.10 Å². The van der Waals surface area contributed by atoms with E-state index < -0.39 is 6.10 Å². The van der Waals surface area contributed by atoms with Crippen LogP contribution in [0.2, 0.25) is 0 Å². The van der Waals surface area contributed by atoms with Gasteiger partial charge in [-0.15, -0.1) is 0 Å². The van der Waals surface area contributed by atoms with Crippen molar-refractivity contribution in [1.82, 2.24) is 4.90 Å². The van der Waals surface area contributed by atoms with Crippen LogP contribution < -0.4 is 9.64 Å². The highest BCUT2D eigenvalue weighted by Crippen LogP contribution is 2.28. The summed E-state index contributed by atoms with van der Waals surface area (Å²) < 4.78 is 11.7. The van der Waals surface area contributed by atoms with E-state index in [0.29, 0.717) is 13.2 Å². The molecule has 1 saturated heterocycles. The molecule has 3 aromatic rings. The van der Waals surface area contributed by atoms with Gasteiger partial charge in [-0.05, 0) is 35.7 Å². The molecule has 0 spiro atoms. The zero-order valence-electron chi connectivity index (χ0n) is 19.6. The van der Waals surface area contributed by atoms with E-state index in [1.165, 1.54) is 11.3 Å². The van der Waals surface area contributed by atoms with Gasteiger partial charge >= 0.3 is 0 Å². The number of aryl methyl sites for hydroxylation is 1. The van der Waals surface area contributed by atoms with Gasteiger partial charge in [0.25, 0.3) is 0 Å². The number of benzene rings is 3. The largest absolute Gasteiger partial charge is 0.497 e. The van der Waals surface area contributed by atoms with E-state index >= 15 is 0 Å². The Bertz CT molecular complexity index is 1000. The molecule has 0 saturated carbocycles. The Kier molecular flexibility index (Phi) is 8.00. The quantitative estimate of drug-likeness (QED) is 0.531. The molecule has 0 amide bonds. The van der Waals surface area contributed by atoms with E-state index in [1.807, 2.05) is 42.5 Å². The number of β-amino-alcohol motifs (C(OH)–C–C–N with tert-alkyl or cyclic N) is 1. The molecule has 0 aromatic heterocycles. The first-order valence-electron chi connectivity index (χ1n) is 11.7. The Labute approximate surface area is 197 Å². The van der Waals surface area contributed by atoms with Crippen LogP contribution in [-0.4, -0.2) is 62.6 Å². The molecule has 2 unspecified atom stereocenters. The van der Waals surface area contributed by atoms with E-state index in [9.17, 15) is 5.11 Å². The predicted octanol–water partition coefficient (Wildman–Crippen LogP) is 4.29. The van der Waals surface area contributed by atoms with Crippen LogP contribution in [0.15, 0.2) is 78.9 Å². The first-order valence-corrected chi connectivity index (χ1v) is 11.7. The molecule has 1 heterocycles. The van der Waals surface area contributed by atoms with Gasteiger partial charge < -0.3 is 19.5 Å². The molecule has 1 N–H and O–H groups in total. The van der Waals surface area contributed by atoms with E-state index in [1.54, 1.807) is 7.11 Å². The summed E-state index contributed by atoms with van der Waals surface area (Å²) in [6, 6.07) is 26.7. The fraction of sp³-hybridized carbons (Fsp3) is 0.357. The normalized spacial score (nSPS) is 16.4. The first-order chi connectivity index (χ1) is 16.1. The Morgan fingerprint density at radius 1 is 0.879 bits per heavy atom. The molecule has 1 aliphatic heterocycles. The number of piperazine rings is 1. The van der Waals surface area contributed by atoms with Crippen molar-refractivity contribution in [3.63, 3.8) is 0 Å². The first kappa shape index (κ1) is 23.3. The smallest absolute Gasteiger partial charge is 0.120 e. The number of ether oxygens (including phenoxy) is 2. The second-order valence-corrected chi connectivity index (χ2v) is 8.62. The van der Waals surface area contributed by atoms with Gasteiger partial charge in [0, 0.05) is 44.5 Å². The third-order valence-corrected chi connectivity index (χ3v) is 6.29. The van der Waals surface area contributed by atoms with Crippen LogP contribution >= 0.6 is 0 Å². The lowest BCUT2D eigenvalue weighted by Gasteiger charge is -2.37. The molecule has 1 fully saturated rings. The summed E-state index contributed by atoms with van der Waals surface area (Å²) in [5, 5.41) is 10.8. The molecule has 0 radical (unpaired) electrons. The number of nitrogens with zero attached hydrogens (tertiary/aromatic N) is 2. The SMILES string of the molecule is COc1cccc(N2CCN(CC(O)COC(c3ccccc3)c3ccccc3C)CC2)c1. The number of methoxy groups -OCH3 is 1. The number of aliphatic hydroxyl groups is 1. The minimum Gasteiger partial charge on any atom is -0.497 e. The molecular weight excluding hydrogens is 412 g/mol. The molecular formula is C28H34N2O3. The van der Waals surface area contributed by atoms with Gasteiger partial charge in [0.05, 0.1) is 19.8 Å². The molecule has 3 aromatic carbocycles. The standard InChI is InChI=1S/C28H34N2O3/c1-22-9-6-7-14-27(22)28(23-10-4-3-5-11-23)33-21-25(31)20-29-15-17-30(18-16-29)24-12-8-13-26(19-24)32-2/h3-14,19,25,28,31H,15-18,20-21H2,1-2H3. The van der Waals surface area contributed by atoms with E-state index in [0.717, 1.165) is 43.1 Å². The average molecular weight is 447 g/mol. The summed E-state index contributed by atoms with van der Waals surface area (Å²) in [6.45, 7) is 6.69. The van der Waals surface area contributed by atoms with Gasteiger partial charge in [-0.1, -0.05) is 60.7 Å². The molecule has 33 heavy (non-hydrogen) atoms. The lowest BCUT2D eigenvalue weighted by Crippen LogP contribution is -2.49. The summed E-state index contributed by atoms with van der Waals surface area (Å²) in [5.41, 5.74) is 4.62. The summed E-state index contributed by atoms with van der Waals surface area (Å²) in [5.74, 6) is 0.879. The molecule has 0 bridgehead atoms. The van der Waals surface area contributed by atoms with Crippen LogP contribution in [0, 0.1) is 6.92 Å². The number of anilines is 1. The van der Waals surface area contributed by atoms with Crippen LogP contribution in [0.1, 0.15) is 22.8 Å². The van der Waals surface area contributed by atoms with Crippen molar-refractivity contribution in [2.75, 3.05) is 51.3 Å². The molecule has 5 heteroatoms. The maximum absolute atomic E-state index is 10.8. The fourth-order valence-corrected chi connectivity index (χ4v) is 4.43. The summed E-state index contributed by atoms with van der Waals surface area (Å²) in [7, 11) is 1.70. The number of hydrogen-bond acceptors (Lipinski definition) is 5. The van der Waals surface area contributed by atoms with Crippen molar-refractivity contribution in [3.8, 4) is 5.75 Å². The Hall–Kier alpha value is -2.86. The van der Waals surface area contributed by atoms with Crippen molar-refractivity contribution in [2.24, 2.45) is 0 Å². The van der Waals surface area contributed by atoms with Gasteiger partial charge in [-0.2, -0.15) is 0 Å². The molecule has 0 aliphatic carbocycles. The minimum atomic E-state index is -0.538. The number of hydrogen-bond donors (Lipinski definition) is 1. The molecule has 2 atom stereocenters. The van der Waals surface area contributed by atoms with Gasteiger partial charge in [0.1, 0.15) is 11.9 Å². The lowest BCUT2D eigenvalue weighted by molar-refractivity contribution is -0.00911. The van der Waals surface area contributed by atoms with Crippen molar-refractivity contribution >= 4 is 5.69 Å². The highest BCUT2D eigenvalue weighted by Gasteiger charge is 2.22. The fourth-order valence-electron chi connectivity index (χ4n) is 4.43. The van der Waals surface area contributed by atoms with Crippen LogP contribution in [-0.2, 0) is 4.74 Å². The Morgan fingerprint density at radius 3 is 2.33 bits per heavy atom. The summed E-state index contributed by atoms with van der Waals surface area (Å²) in [6.07, 6.45) is -0.726. The van der Waals surface area contributed by atoms with Crippen molar-refractivity contribution in [2.45, 2.75) is 19.1 Å². The molecule has 1 aliphatic rings. The van der Waals surface area contributed by atoms with Gasteiger partial charge in [0.2, 0.25) is 0 Å². The average Bonchev–Trinajstić information content (AvgIpc) is 2.86. The van der Waals surface area contributed by atoms with Crippen LogP contribution in [0.4, 0.5) is 5.69 Å². The zero-order chi connectivity index (χ0) is 23.0. The highest BCUT2D eigenvalue weighted by molar-refractivity contribution is 5.51. The second-order valence-electron chi connectivity index (χ2n) is 8.62. The third-order valence-electron chi connectivity index (χ3n) is 6.29. The third kappa shape index (κ3) is 6.14. The van der Waals surface area contributed by atoms with Crippen LogP contribution in [0.5, 0.6) is 5.75 Å². The van der Waals surface area contributed by atoms with E-state index in [4.69, 9.17) is 9.47 Å². The van der Waals surface area contributed by atoms with Crippen LogP contribution in [0.25, 0.3) is 0 Å². The zero-order valence-corrected chi connectivity index (χ0v) is 19.6. The molecule has 4 rings (SSSR count). The molecule has 5 nitrogen and oxygen atoms in total. The van der Waals surface area contributed by atoms with E-state index in [2.05, 4.69) is 53.1 Å². The Morgan fingerprint density at radius 2 is 1.61 bits per heavy atom. The van der Waals surface area contributed by atoms with Crippen molar-refractivity contribution in [3.05, 3.63) is 95.6 Å². The second kappa shape index (κ2) is 11.3. The van der Waals surface area contributed by atoms with Gasteiger partial charge in [-0.25, -0.2) is 0 Å². The Balaban J connectivity index is 1.32. The summed E-state index contributed by atoms with van der Waals surface area (Å²) >= 11 is 0. The summed E-state index contributed by atoms with van der Waals surface area (Å²) in [4.78, 5) is 4.68. The molecule has 174 valence electrons. The van der Waals surface area contributed by atoms with Crippen LogP contribution in [0.3, 0.4) is 0 Å². The van der Waals surface area contributed by atoms with Gasteiger partial charge in [-0.3, -0.25) is 4.90 Å². The predicted molar refractivity (Wildman–Crippen MR) is 133 cm³/mol. The maximum Gasteiger partial charge on any atom is 0.120 e. The number of rotatable bonds is 9. The maximum atomic E-state index is 10.8. The van der Waals surface area contributed by atoms with Crippen molar-refractivity contribution in [1.29, 1.82) is 0 Å². The number of aliphatic hydroxyl groups excluding tert-OH is 1. The van der Waals surface area contributed by atoms with Gasteiger partial charge in [0.15, 0.2) is 0 Å². The topological polar surface area (TPSA) is 45.2 Å². The monoisotopic (exact) mass is 446 g/mol. The lowest BCUT2D eigenvalue weighted by atomic mass is 9.97. The van der Waals surface area contributed by atoms with Crippen molar-refractivity contribution < 1.29 is 14.6 Å².